The molecule has 1 aliphatic rings. The highest BCUT2D eigenvalue weighted by Crippen LogP contribution is 2.39. The van der Waals surface area contributed by atoms with E-state index in [1.165, 1.54) is 36.8 Å². The fourth-order valence-corrected chi connectivity index (χ4v) is 4.77. The molecule has 1 heterocycles. The Kier molecular flexibility index (Phi) is 7.47. The van der Waals surface area contributed by atoms with Crippen LogP contribution in [-0.2, 0) is 0 Å². The zero-order valence-electron chi connectivity index (χ0n) is 18.9. The molecule has 1 aromatic heterocycles. The first-order valence-electron chi connectivity index (χ1n) is 11.2. The fraction of sp³-hybridized carbons (Fsp3) is 0.333. The summed E-state index contributed by atoms with van der Waals surface area (Å²) in [5, 5.41) is 17.2. The van der Waals surface area contributed by atoms with E-state index in [-0.39, 0.29) is 44.6 Å². The summed E-state index contributed by atoms with van der Waals surface area (Å²) in [6, 6.07) is 7.02. The van der Waals surface area contributed by atoms with Gasteiger partial charge in [-0.2, -0.15) is 9.78 Å². The lowest BCUT2D eigenvalue weighted by atomic mass is 9.84. The predicted molar refractivity (Wildman–Crippen MR) is 132 cm³/mol. The molecule has 4 rings (SSSR count). The zero-order chi connectivity index (χ0) is 25.1. The van der Waals surface area contributed by atoms with Gasteiger partial charge >= 0.3 is 5.69 Å². The van der Waals surface area contributed by atoms with Crippen molar-refractivity contribution in [1.82, 2.24) is 20.1 Å². The number of benzene rings is 2. The number of carbonyl (C=O) groups is 1. The number of aromatic amines is 1. The van der Waals surface area contributed by atoms with Crippen molar-refractivity contribution in [3.05, 3.63) is 73.0 Å². The van der Waals surface area contributed by atoms with E-state index < -0.39 is 17.2 Å². The standard InChI is InChI=1S/C24H24Cl2N4O5/c1-13(14-5-3-2-4-6-14)28-23(33)17-11-16(7-8-20(17)31)35-22-18(25)9-15(10-19(22)26)30-24(34)29-21(32)12-27-30/h7-14,31H,2-6H2,1H3,(H,28,33)(H,29,32,34). The van der Waals surface area contributed by atoms with E-state index in [4.69, 9.17) is 27.9 Å². The van der Waals surface area contributed by atoms with Crippen LogP contribution >= 0.6 is 23.2 Å². The fourth-order valence-electron chi connectivity index (χ4n) is 4.22. The molecule has 1 amide bonds. The van der Waals surface area contributed by atoms with Crippen LogP contribution in [0, 0.1) is 5.92 Å². The molecule has 9 nitrogen and oxygen atoms in total. The number of halogens is 2. The molecule has 184 valence electrons. The lowest BCUT2D eigenvalue weighted by Crippen LogP contribution is -2.38. The number of aromatic hydroxyl groups is 1. The average Bonchev–Trinajstić information content (AvgIpc) is 2.82. The Morgan fingerprint density at radius 3 is 2.51 bits per heavy atom. The first-order valence-corrected chi connectivity index (χ1v) is 12.0. The van der Waals surface area contributed by atoms with Crippen molar-refractivity contribution < 1.29 is 14.6 Å². The van der Waals surface area contributed by atoms with Crippen molar-refractivity contribution in [2.24, 2.45) is 5.92 Å². The number of hydrogen-bond acceptors (Lipinski definition) is 6. The summed E-state index contributed by atoms with van der Waals surface area (Å²) in [5.41, 5.74) is -1.10. The Hall–Kier alpha value is -3.30. The average molecular weight is 519 g/mol. The number of amides is 1. The van der Waals surface area contributed by atoms with Crippen molar-refractivity contribution in [3.8, 4) is 22.9 Å². The molecule has 0 bridgehead atoms. The van der Waals surface area contributed by atoms with Crippen molar-refractivity contribution in [3.63, 3.8) is 0 Å². The van der Waals surface area contributed by atoms with E-state index in [2.05, 4.69) is 15.4 Å². The largest absolute Gasteiger partial charge is 0.507 e. The molecule has 11 heteroatoms. The van der Waals surface area contributed by atoms with Crippen molar-refractivity contribution >= 4 is 29.1 Å². The second-order valence-electron chi connectivity index (χ2n) is 8.53. The van der Waals surface area contributed by atoms with Crippen molar-refractivity contribution in [1.29, 1.82) is 0 Å². The van der Waals surface area contributed by atoms with Gasteiger partial charge in [-0.05, 0) is 56.0 Å². The monoisotopic (exact) mass is 518 g/mol. The van der Waals surface area contributed by atoms with Gasteiger partial charge in [0.1, 0.15) is 17.7 Å². The minimum atomic E-state index is -0.755. The third kappa shape index (κ3) is 5.68. The van der Waals surface area contributed by atoms with E-state index in [0.29, 0.717) is 5.92 Å². The van der Waals surface area contributed by atoms with Gasteiger partial charge in [-0.1, -0.05) is 42.5 Å². The van der Waals surface area contributed by atoms with Crippen LogP contribution in [-0.4, -0.2) is 31.8 Å². The topological polar surface area (TPSA) is 126 Å². The number of hydrogen-bond donors (Lipinski definition) is 3. The Morgan fingerprint density at radius 1 is 1.17 bits per heavy atom. The minimum absolute atomic E-state index is 0.0202. The van der Waals surface area contributed by atoms with E-state index in [1.54, 1.807) is 0 Å². The highest BCUT2D eigenvalue weighted by atomic mass is 35.5. The maximum Gasteiger partial charge on any atom is 0.349 e. The predicted octanol–water partition coefficient (Wildman–Crippen LogP) is 4.42. The second-order valence-corrected chi connectivity index (χ2v) is 9.34. The third-order valence-corrected chi connectivity index (χ3v) is 6.65. The normalized spacial score (nSPS) is 14.9. The maximum atomic E-state index is 12.9. The van der Waals surface area contributed by atoms with Gasteiger partial charge in [0.2, 0.25) is 0 Å². The maximum absolute atomic E-state index is 12.9. The number of nitrogens with zero attached hydrogens (tertiary/aromatic N) is 2. The van der Waals surface area contributed by atoms with Gasteiger partial charge in [0.25, 0.3) is 11.5 Å². The summed E-state index contributed by atoms with van der Waals surface area (Å²) in [5.74, 6) is 0.148. The third-order valence-electron chi connectivity index (χ3n) is 6.09. The Bertz CT molecular complexity index is 1340. The van der Waals surface area contributed by atoms with Gasteiger partial charge in [0, 0.05) is 6.04 Å². The molecular formula is C24H24Cl2N4O5. The molecule has 1 fully saturated rings. The van der Waals surface area contributed by atoms with Gasteiger partial charge in [-0.3, -0.25) is 14.6 Å². The lowest BCUT2D eigenvalue weighted by Gasteiger charge is -2.28. The zero-order valence-corrected chi connectivity index (χ0v) is 20.4. The summed E-state index contributed by atoms with van der Waals surface area (Å²) in [7, 11) is 0. The second kappa shape index (κ2) is 10.5. The molecular weight excluding hydrogens is 495 g/mol. The van der Waals surface area contributed by atoms with Crippen molar-refractivity contribution in [2.45, 2.75) is 45.1 Å². The first-order chi connectivity index (χ1) is 16.7. The summed E-state index contributed by atoms with van der Waals surface area (Å²) in [6.45, 7) is 1.98. The molecule has 0 spiro atoms. The lowest BCUT2D eigenvalue weighted by molar-refractivity contribution is 0.0916. The van der Waals surface area contributed by atoms with Crippen LogP contribution in [0.3, 0.4) is 0 Å². The van der Waals surface area contributed by atoms with Crippen LogP contribution in [0.4, 0.5) is 0 Å². The van der Waals surface area contributed by atoms with E-state index in [0.717, 1.165) is 36.6 Å². The van der Waals surface area contributed by atoms with Crippen LogP contribution in [0.1, 0.15) is 49.4 Å². The van der Waals surface area contributed by atoms with Crippen LogP contribution in [0.15, 0.2) is 46.1 Å². The molecule has 1 aliphatic carbocycles. The summed E-state index contributed by atoms with van der Waals surface area (Å²) in [6.07, 6.45) is 6.64. The molecule has 1 atom stereocenters. The summed E-state index contributed by atoms with van der Waals surface area (Å²) < 4.78 is 6.76. The molecule has 0 radical (unpaired) electrons. The van der Waals surface area contributed by atoms with Gasteiger partial charge < -0.3 is 15.2 Å². The SMILES string of the molecule is CC(NC(=O)c1cc(Oc2c(Cl)cc(-n3ncc(=O)[nH]c3=O)cc2Cl)ccc1O)C1CCCCC1. The molecule has 3 N–H and O–H groups in total. The van der Waals surface area contributed by atoms with E-state index in [1.807, 2.05) is 6.92 Å². The quantitative estimate of drug-likeness (QED) is 0.443. The Balaban J connectivity index is 1.55. The van der Waals surface area contributed by atoms with Crippen molar-refractivity contribution in [2.75, 3.05) is 0 Å². The van der Waals surface area contributed by atoms with E-state index in [9.17, 15) is 19.5 Å². The number of aromatic nitrogens is 3. The minimum Gasteiger partial charge on any atom is -0.507 e. The van der Waals surface area contributed by atoms with Crippen LogP contribution in [0.2, 0.25) is 10.0 Å². The number of carbonyl (C=O) groups excluding carboxylic acids is 1. The first kappa shape index (κ1) is 24.8. The summed E-state index contributed by atoms with van der Waals surface area (Å²) >= 11 is 12.7. The van der Waals surface area contributed by atoms with Crippen LogP contribution in [0.25, 0.3) is 5.69 Å². The smallest absolute Gasteiger partial charge is 0.349 e. The highest BCUT2D eigenvalue weighted by molar-refractivity contribution is 6.37. The molecule has 0 saturated heterocycles. The number of phenolic OH excluding ortho intramolecular Hbond substituents is 1. The van der Waals surface area contributed by atoms with Crippen LogP contribution < -0.4 is 21.3 Å². The molecule has 0 aliphatic heterocycles. The van der Waals surface area contributed by atoms with Crippen LogP contribution in [0.5, 0.6) is 17.2 Å². The van der Waals surface area contributed by atoms with Gasteiger partial charge in [-0.15, -0.1) is 0 Å². The number of ether oxygens (including phenoxy) is 1. The number of H-pyrrole nitrogens is 1. The Labute approximate surface area is 210 Å². The number of rotatable bonds is 6. The molecule has 2 aromatic carbocycles. The number of nitrogens with one attached hydrogen (secondary N) is 2. The molecule has 1 unspecified atom stereocenters. The molecule has 3 aromatic rings. The van der Waals surface area contributed by atoms with E-state index >= 15 is 0 Å². The molecule has 1 saturated carbocycles. The number of phenols is 1. The Morgan fingerprint density at radius 2 is 1.86 bits per heavy atom. The highest BCUT2D eigenvalue weighted by Gasteiger charge is 2.23. The van der Waals surface area contributed by atoms with Gasteiger partial charge in [0.15, 0.2) is 5.75 Å². The molecule has 35 heavy (non-hydrogen) atoms. The van der Waals surface area contributed by atoms with Gasteiger partial charge in [0.05, 0.1) is 21.3 Å². The van der Waals surface area contributed by atoms with Gasteiger partial charge in [-0.25, -0.2) is 4.79 Å². The summed E-state index contributed by atoms with van der Waals surface area (Å²) in [4.78, 5) is 38.2.